The largest absolute Gasteiger partial charge is 0.361 e. The minimum Gasteiger partial charge on any atom is -0.361 e. The van der Waals surface area contributed by atoms with E-state index in [4.69, 9.17) is 0 Å². The van der Waals surface area contributed by atoms with Gasteiger partial charge >= 0.3 is 0 Å². The Labute approximate surface area is 328 Å². The number of para-hydroxylation sites is 1. The summed E-state index contributed by atoms with van der Waals surface area (Å²) in [6, 6.07) is 56.0. The average molecular weight is 926 g/mol. The molecule has 0 unspecified atom stereocenters. The quantitative estimate of drug-likeness (QED) is 0.0614. The summed E-state index contributed by atoms with van der Waals surface area (Å²) in [6.45, 7) is 4.11. The normalized spacial score (nSPS) is 12.8. The van der Waals surface area contributed by atoms with Gasteiger partial charge in [-0.15, -0.1) is 47.2 Å². The molecule has 6 aromatic carbocycles. The van der Waals surface area contributed by atoms with Crippen LogP contribution in [0, 0.1) is 19.9 Å². The molecular weight excluding hydrogens is 890 g/mol. The molecule has 0 saturated heterocycles. The Morgan fingerprint density at radius 2 is 1.10 bits per heavy atom. The first-order valence-electron chi connectivity index (χ1n) is 15.6. The molecule has 49 heavy (non-hydrogen) atoms. The fraction of sp³-hybridized carbons (Fsp3) is 0.0465. The second-order valence-corrected chi connectivity index (χ2v) is 16.0. The number of allylic oxidation sites excluding steroid dienone is 5. The van der Waals surface area contributed by atoms with Crippen LogP contribution in [0.2, 0.25) is 0 Å². The number of nitrogens with one attached hydrogen (secondary N) is 1. The Bertz CT molecular complexity index is 1880. The summed E-state index contributed by atoms with van der Waals surface area (Å²) in [5, 5.41) is 10.0. The first kappa shape index (κ1) is 38.5. The van der Waals surface area contributed by atoms with E-state index in [0.29, 0.717) is 5.57 Å². The molecule has 0 fully saturated rings. The van der Waals surface area contributed by atoms with Crippen molar-refractivity contribution in [3.05, 3.63) is 200 Å². The molecule has 0 radical (unpaired) electrons. The topological polar surface area (TPSA) is 29.1 Å². The maximum Gasteiger partial charge on any atom is 0.200 e. The summed E-state index contributed by atoms with van der Waals surface area (Å²) in [5.74, 6) is 0.0692. The fourth-order valence-corrected chi connectivity index (χ4v) is 9.72. The summed E-state index contributed by atoms with van der Waals surface area (Å²) >= 11 is 4.30. The molecule has 0 aromatic heterocycles. The van der Waals surface area contributed by atoms with E-state index in [9.17, 15) is 4.79 Å². The zero-order chi connectivity index (χ0) is 33.7. The van der Waals surface area contributed by atoms with E-state index in [0.717, 1.165) is 12.8 Å². The van der Waals surface area contributed by atoms with Gasteiger partial charge in [-0.3, -0.25) is 4.79 Å². The zero-order valence-electron chi connectivity index (χ0n) is 27.1. The molecule has 1 N–H and O–H groups in total. The monoisotopic (exact) mass is 925 g/mol. The summed E-state index contributed by atoms with van der Waals surface area (Å²) in [6.07, 6.45) is 5.58. The standard InChI is InChI=1S/C18H15P.C15H13I2NO.C10H7.Ni/c1-4-10-16(11-5-1)19(17-12-6-2-7-13-17)18-14-8-3-9-15-18;1-9-4-3-5-10(2)14(9)18-8-11-6-12(16)7-13(17)15(11)19;1-2-6-10-8-4-3-7-9(10)5-1;/h1-15H;3-8,18H,1-2H3;1-7H;/q;;-1;/p+1. The van der Waals surface area contributed by atoms with Crippen molar-refractivity contribution in [2.75, 3.05) is 5.32 Å². The minimum atomic E-state index is -0.877. The number of fused-ring (bicyclic) bond motifs is 1. The van der Waals surface area contributed by atoms with E-state index in [1.165, 1.54) is 37.8 Å². The molecule has 0 bridgehead atoms. The van der Waals surface area contributed by atoms with Crippen LogP contribution in [0.1, 0.15) is 11.1 Å². The van der Waals surface area contributed by atoms with Gasteiger partial charge in [-0.25, -0.2) is 0 Å². The predicted octanol–water partition coefficient (Wildman–Crippen LogP) is 10.6. The van der Waals surface area contributed by atoms with Gasteiger partial charge in [0, 0.05) is 37.5 Å². The molecule has 6 aromatic rings. The molecule has 0 spiro atoms. The second-order valence-electron chi connectivity index (χ2n) is 11.1. The van der Waals surface area contributed by atoms with Gasteiger partial charge in [-0.2, -0.15) is 0 Å². The van der Waals surface area contributed by atoms with E-state index in [-0.39, 0.29) is 22.3 Å². The van der Waals surface area contributed by atoms with Crippen LogP contribution < -0.4 is 21.2 Å². The van der Waals surface area contributed by atoms with Gasteiger partial charge in [0.2, 0.25) is 5.78 Å². The van der Waals surface area contributed by atoms with Crippen LogP contribution >= 0.6 is 53.1 Å². The number of anilines is 1. The van der Waals surface area contributed by atoms with Crippen LogP contribution in [-0.2, 0) is 21.3 Å². The maximum absolute atomic E-state index is 12.0. The second kappa shape index (κ2) is 19.7. The Kier molecular flexibility index (Phi) is 15.5. The SMILES string of the molecule is Cc1cccc(C)c1NC=C1C=C(I)C=C(I)C1=O.[Ni].[c-]1cccc2ccccc12.c1ccc([PH+](c2ccccc2)c2ccccc2)cc1. The number of benzene rings is 6. The van der Waals surface area contributed by atoms with Crippen LogP contribution in [0.4, 0.5) is 5.69 Å². The Morgan fingerprint density at radius 3 is 1.63 bits per heavy atom. The maximum atomic E-state index is 12.0. The third kappa shape index (κ3) is 11.1. The van der Waals surface area contributed by atoms with Crippen molar-refractivity contribution >= 4 is 91.3 Å². The van der Waals surface area contributed by atoms with Gasteiger partial charge < -0.3 is 5.32 Å². The number of hydrogen-bond donors (Lipinski definition) is 1. The number of carbonyl (C=O) groups is 1. The Morgan fingerprint density at radius 1 is 0.612 bits per heavy atom. The van der Waals surface area contributed by atoms with Gasteiger partial charge in [0.1, 0.15) is 15.9 Å². The molecule has 0 saturated carbocycles. The molecule has 2 nitrogen and oxygen atoms in total. The van der Waals surface area contributed by atoms with Gasteiger partial charge in [-0.1, -0.05) is 84.9 Å². The van der Waals surface area contributed by atoms with E-state index in [2.05, 4.69) is 192 Å². The van der Waals surface area contributed by atoms with Crippen molar-refractivity contribution in [3.63, 3.8) is 0 Å². The number of hydrogen-bond acceptors (Lipinski definition) is 2. The van der Waals surface area contributed by atoms with E-state index in [1.807, 2.05) is 42.5 Å². The number of Topliss-reactive ketones (excluding diaryl/α,β-unsaturated/α-hetero) is 1. The minimum absolute atomic E-state index is 0. The van der Waals surface area contributed by atoms with Gasteiger partial charge in [-0.05, 0) is 119 Å². The number of aryl methyl sites for hydroxylation is 2. The first-order chi connectivity index (χ1) is 23.4. The van der Waals surface area contributed by atoms with Crippen LogP contribution in [0.25, 0.3) is 10.8 Å². The van der Waals surface area contributed by atoms with Crippen molar-refractivity contribution in [1.82, 2.24) is 0 Å². The average Bonchev–Trinajstić information content (AvgIpc) is 3.12. The van der Waals surface area contributed by atoms with Crippen molar-refractivity contribution in [2.24, 2.45) is 0 Å². The summed E-state index contributed by atoms with van der Waals surface area (Å²) in [4.78, 5) is 12.0. The van der Waals surface area contributed by atoms with E-state index in [1.54, 1.807) is 6.20 Å². The number of carbonyl (C=O) groups excluding carboxylic acids is 1. The molecule has 0 aliphatic heterocycles. The Hall–Kier alpha value is -3.35. The molecule has 0 amide bonds. The third-order valence-electron chi connectivity index (χ3n) is 7.65. The van der Waals surface area contributed by atoms with Crippen LogP contribution in [0.3, 0.4) is 0 Å². The van der Waals surface area contributed by atoms with Gasteiger partial charge in [0.05, 0.1) is 11.5 Å². The van der Waals surface area contributed by atoms with E-state index >= 15 is 0 Å². The van der Waals surface area contributed by atoms with Crippen molar-refractivity contribution < 1.29 is 21.3 Å². The number of halogens is 2. The third-order valence-corrected chi connectivity index (χ3v) is 11.8. The molecular formula is C43H36I2NNiOP. The zero-order valence-corrected chi connectivity index (χ0v) is 33.4. The Balaban J connectivity index is 0.000000171. The van der Waals surface area contributed by atoms with Crippen LogP contribution in [0.15, 0.2) is 183 Å². The summed E-state index contributed by atoms with van der Waals surface area (Å²) in [7, 11) is -0.877. The van der Waals surface area contributed by atoms with Crippen molar-refractivity contribution in [2.45, 2.75) is 13.8 Å². The predicted molar refractivity (Wildman–Crippen MR) is 226 cm³/mol. The van der Waals surface area contributed by atoms with E-state index < -0.39 is 7.92 Å². The first-order valence-corrected chi connectivity index (χ1v) is 19.3. The van der Waals surface area contributed by atoms with Crippen molar-refractivity contribution in [3.8, 4) is 0 Å². The molecule has 1 aliphatic carbocycles. The molecule has 0 atom stereocenters. The van der Waals surface area contributed by atoms with Crippen LogP contribution in [-0.4, -0.2) is 5.78 Å². The molecule has 248 valence electrons. The van der Waals surface area contributed by atoms with Gasteiger partial charge in [0.25, 0.3) is 0 Å². The number of ketones is 1. The molecule has 0 heterocycles. The fourth-order valence-electron chi connectivity index (χ4n) is 5.26. The summed E-state index contributed by atoms with van der Waals surface area (Å²) in [5.41, 5.74) is 4.10. The molecule has 1 aliphatic rings. The molecule has 6 heteroatoms. The number of rotatable bonds is 5. The molecule has 7 rings (SSSR count). The summed E-state index contributed by atoms with van der Waals surface area (Å²) < 4.78 is 1.82. The van der Waals surface area contributed by atoms with Crippen LogP contribution in [0.5, 0.6) is 0 Å². The smallest absolute Gasteiger partial charge is 0.200 e. The van der Waals surface area contributed by atoms with Crippen molar-refractivity contribution in [1.29, 1.82) is 0 Å². The van der Waals surface area contributed by atoms with Gasteiger partial charge in [0.15, 0.2) is 0 Å².